The molecule has 194 valence electrons. The molecule has 4 rings (SSSR count). The number of alkyl halides is 3. The Kier molecular flexibility index (Phi) is 7.71. The van der Waals surface area contributed by atoms with Crippen molar-refractivity contribution in [3.63, 3.8) is 0 Å². The third-order valence-electron chi connectivity index (χ3n) is 5.25. The van der Waals surface area contributed by atoms with Crippen molar-refractivity contribution in [2.75, 3.05) is 12.4 Å². The lowest BCUT2D eigenvalue weighted by Gasteiger charge is -2.28. The zero-order valence-corrected chi connectivity index (χ0v) is 20.4. The van der Waals surface area contributed by atoms with Crippen LogP contribution in [0.1, 0.15) is 35.0 Å². The molecule has 3 aromatic rings. The minimum atomic E-state index is -4.90. The number of amides is 2. The first-order chi connectivity index (χ1) is 17.7. The van der Waals surface area contributed by atoms with Crippen LogP contribution in [0.5, 0.6) is 11.5 Å². The highest BCUT2D eigenvalue weighted by atomic mass is 32.2. The predicted octanol–water partition coefficient (Wildman–Crippen LogP) is 5.69. The number of thioether (sulfide) groups is 1. The molecule has 0 saturated carbocycles. The predicted molar refractivity (Wildman–Crippen MR) is 130 cm³/mol. The minimum absolute atomic E-state index is 0.0645. The van der Waals surface area contributed by atoms with Gasteiger partial charge in [-0.05, 0) is 42.3 Å². The van der Waals surface area contributed by atoms with Crippen LogP contribution in [-0.2, 0) is 6.54 Å². The quantitative estimate of drug-likeness (QED) is 0.396. The maximum atomic E-state index is 12.9. The van der Waals surface area contributed by atoms with Gasteiger partial charge in [0, 0.05) is 17.3 Å². The molecule has 37 heavy (non-hydrogen) atoms. The van der Waals surface area contributed by atoms with Crippen molar-refractivity contribution >= 4 is 34.3 Å². The number of nitrogens with one attached hydrogen (secondary N) is 1. The third-order valence-corrected chi connectivity index (χ3v) is 6.50. The Morgan fingerprint density at radius 3 is 2.54 bits per heavy atom. The molecule has 0 saturated heterocycles. The SMILES string of the molecule is CCC1SC(=O)N(Cc2ccc(NC(=O)c3ccno3)cc2)N=C1c1ccc(OC)c(OC(F)(F)F)c1. The molecule has 0 bridgehead atoms. The summed E-state index contributed by atoms with van der Waals surface area (Å²) in [6.07, 6.45) is -3.01. The van der Waals surface area contributed by atoms with Crippen LogP contribution in [0, 0.1) is 0 Å². The first-order valence-corrected chi connectivity index (χ1v) is 11.9. The van der Waals surface area contributed by atoms with Gasteiger partial charge >= 0.3 is 11.6 Å². The van der Waals surface area contributed by atoms with E-state index in [0.717, 1.165) is 17.3 Å². The maximum Gasteiger partial charge on any atom is 0.573 e. The molecular formula is C24H21F3N4O5S. The fraction of sp³-hybridized carbons (Fsp3) is 0.250. The summed E-state index contributed by atoms with van der Waals surface area (Å²) in [5.74, 6) is -0.973. The van der Waals surface area contributed by atoms with Crippen LogP contribution in [0.2, 0.25) is 0 Å². The van der Waals surface area contributed by atoms with E-state index < -0.39 is 18.0 Å². The highest BCUT2D eigenvalue weighted by molar-refractivity contribution is 8.14. The number of rotatable bonds is 8. The largest absolute Gasteiger partial charge is 0.573 e. The number of hydrogen-bond acceptors (Lipinski definition) is 8. The topological polar surface area (TPSA) is 106 Å². The van der Waals surface area contributed by atoms with Crippen LogP contribution in [0.25, 0.3) is 0 Å². The Morgan fingerprint density at radius 1 is 1.16 bits per heavy atom. The monoisotopic (exact) mass is 534 g/mol. The van der Waals surface area contributed by atoms with Gasteiger partial charge < -0.3 is 19.3 Å². The number of ether oxygens (including phenoxy) is 2. The number of methoxy groups -OCH3 is 1. The van der Waals surface area contributed by atoms with Crippen LogP contribution < -0.4 is 14.8 Å². The van der Waals surface area contributed by atoms with Gasteiger partial charge in [-0.25, -0.2) is 5.01 Å². The molecule has 2 amide bonds. The molecule has 13 heteroatoms. The van der Waals surface area contributed by atoms with E-state index in [9.17, 15) is 22.8 Å². The van der Waals surface area contributed by atoms with Gasteiger partial charge in [-0.1, -0.05) is 36.0 Å². The molecule has 1 N–H and O–H groups in total. The maximum absolute atomic E-state index is 12.9. The number of anilines is 1. The second-order valence-electron chi connectivity index (χ2n) is 7.76. The average Bonchev–Trinajstić information content (AvgIpc) is 3.40. The molecule has 0 radical (unpaired) electrons. The van der Waals surface area contributed by atoms with Crippen molar-refractivity contribution in [3.05, 3.63) is 71.6 Å². The van der Waals surface area contributed by atoms with Crippen molar-refractivity contribution in [2.45, 2.75) is 31.5 Å². The van der Waals surface area contributed by atoms with Crippen LogP contribution in [0.3, 0.4) is 0 Å². The molecule has 1 aliphatic rings. The number of benzene rings is 2. The second kappa shape index (κ2) is 10.9. The molecule has 1 aliphatic heterocycles. The lowest BCUT2D eigenvalue weighted by atomic mass is 10.0. The van der Waals surface area contributed by atoms with E-state index in [1.807, 2.05) is 6.92 Å². The van der Waals surface area contributed by atoms with E-state index in [-0.39, 0.29) is 28.5 Å². The van der Waals surface area contributed by atoms with Gasteiger partial charge in [0.2, 0.25) is 5.76 Å². The van der Waals surface area contributed by atoms with Gasteiger partial charge in [0.25, 0.3) is 5.91 Å². The molecular weight excluding hydrogens is 513 g/mol. The van der Waals surface area contributed by atoms with E-state index in [0.29, 0.717) is 23.4 Å². The molecule has 1 unspecified atom stereocenters. The van der Waals surface area contributed by atoms with Crippen molar-refractivity contribution in [3.8, 4) is 11.5 Å². The Morgan fingerprint density at radius 2 is 1.92 bits per heavy atom. The van der Waals surface area contributed by atoms with E-state index in [1.54, 1.807) is 30.3 Å². The summed E-state index contributed by atoms with van der Waals surface area (Å²) < 4.78 is 52.6. The fourth-order valence-corrected chi connectivity index (χ4v) is 4.46. The third kappa shape index (κ3) is 6.42. The Balaban J connectivity index is 1.55. The van der Waals surface area contributed by atoms with Gasteiger partial charge in [-0.2, -0.15) is 5.10 Å². The zero-order chi connectivity index (χ0) is 26.6. The average molecular weight is 535 g/mol. The van der Waals surface area contributed by atoms with Crippen molar-refractivity contribution in [1.29, 1.82) is 0 Å². The summed E-state index contributed by atoms with van der Waals surface area (Å²) in [5.41, 5.74) is 2.05. The molecule has 2 aromatic carbocycles. The summed E-state index contributed by atoms with van der Waals surface area (Å²) in [4.78, 5) is 24.9. The number of carbonyl (C=O) groups excluding carboxylic acids is 2. The Bertz CT molecular complexity index is 1300. The lowest BCUT2D eigenvalue weighted by molar-refractivity contribution is -0.275. The summed E-state index contributed by atoms with van der Waals surface area (Å²) in [5, 5.41) is 11.3. The molecule has 0 aliphatic carbocycles. The molecule has 9 nitrogen and oxygen atoms in total. The van der Waals surface area contributed by atoms with Gasteiger partial charge in [0.05, 0.1) is 30.8 Å². The van der Waals surface area contributed by atoms with Crippen molar-refractivity contribution in [2.24, 2.45) is 5.10 Å². The normalized spacial score (nSPS) is 15.8. The van der Waals surface area contributed by atoms with Crippen LogP contribution >= 0.6 is 11.8 Å². The Labute approximate surface area is 213 Å². The molecule has 2 heterocycles. The van der Waals surface area contributed by atoms with E-state index in [4.69, 9.17) is 9.26 Å². The van der Waals surface area contributed by atoms with Gasteiger partial charge in [-0.3, -0.25) is 9.59 Å². The van der Waals surface area contributed by atoms with Crippen LogP contribution in [0.15, 0.2) is 64.4 Å². The van der Waals surface area contributed by atoms with Gasteiger partial charge in [-0.15, -0.1) is 13.2 Å². The smallest absolute Gasteiger partial charge is 0.493 e. The highest BCUT2D eigenvalue weighted by Gasteiger charge is 2.34. The number of hydrogen-bond donors (Lipinski definition) is 1. The summed E-state index contributed by atoms with van der Waals surface area (Å²) in [6.45, 7) is 1.97. The van der Waals surface area contributed by atoms with Crippen molar-refractivity contribution in [1.82, 2.24) is 10.2 Å². The molecule has 1 aromatic heterocycles. The molecule has 1 atom stereocenters. The Hall–Kier alpha value is -4.00. The minimum Gasteiger partial charge on any atom is -0.493 e. The number of aromatic nitrogens is 1. The van der Waals surface area contributed by atoms with E-state index >= 15 is 0 Å². The van der Waals surface area contributed by atoms with Gasteiger partial charge in [0.15, 0.2) is 11.5 Å². The van der Waals surface area contributed by atoms with E-state index in [1.165, 1.54) is 36.5 Å². The molecule has 0 spiro atoms. The first-order valence-electron chi connectivity index (χ1n) is 11.0. The summed E-state index contributed by atoms with van der Waals surface area (Å²) >= 11 is 1.04. The number of nitrogens with zero attached hydrogens (tertiary/aromatic N) is 3. The fourth-order valence-electron chi connectivity index (χ4n) is 3.53. The number of halogens is 3. The van der Waals surface area contributed by atoms with Crippen LogP contribution in [0.4, 0.5) is 23.7 Å². The standard InChI is InChI=1S/C24H21F3N4O5S/c1-3-20-21(15-6-9-17(34-2)19(12-15)35-24(25,26)27)30-31(23(33)37-20)13-14-4-7-16(8-5-14)29-22(32)18-10-11-28-36-18/h4-12,20H,3,13H2,1-2H3,(H,29,32). The lowest BCUT2D eigenvalue weighted by Crippen LogP contribution is -2.34. The van der Waals surface area contributed by atoms with Crippen LogP contribution in [-0.4, -0.2) is 45.7 Å². The van der Waals surface area contributed by atoms with Gasteiger partial charge in [0.1, 0.15) is 0 Å². The summed E-state index contributed by atoms with van der Waals surface area (Å²) in [6, 6.07) is 12.3. The molecule has 0 fully saturated rings. The summed E-state index contributed by atoms with van der Waals surface area (Å²) in [7, 11) is 1.24. The zero-order valence-electron chi connectivity index (χ0n) is 19.6. The van der Waals surface area contributed by atoms with Crippen molar-refractivity contribution < 1.29 is 36.8 Å². The highest BCUT2D eigenvalue weighted by Crippen LogP contribution is 2.36. The van der Waals surface area contributed by atoms with E-state index in [2.05, 4.69) is 20.3 Å². The first kappa shape index (κ1) is 26.1. The second-order valence-corrected chi connectivity index (χ2v) is 8.92. The number of hydrazone groups is 1. The number of carbonyl (C=O) groups is 2.